The minimum absolute atomic E-state index is 0.0904. The number of hydrogen-bond acceptors (Lipinski definition) is 3. The Balaban J connectivity index is 3.18. The van der Waals surface area contributed by atoms with Crippen molar-refractivity contribution in [2.75, 3.05) is 7.11 Å². The highest BCUT2D eigenvalue weighted by Gasteiger charge is 2.23. The Hall–Kier alpha value is -2.80. The summed E-state index contributed by atoms with van der Waals surface area (Å²) in [7, 11) is 1.48. The third kappa shape index (κ3) is 2.13. The molecule has 0 bridgehead atoms. The molecule has 0 fully saturated rings. The summed E-state index contributed by atoms with van der Waals surface area (Å²) in [5.41, 5.74) is 1.53. The maximum Gasteiger partial charge on any atom is 0.336 e. The van der Waals surface area contributed by atoms with Crippen molar-refractivity contribution in [2.24, 2.45) is 0 Å². The first-order chi connectivity index (χ1) is 10.1. The quantitative estimate of drug-likeness (QED) is 0.929. The molecule has 0 aliphatic heterocycles. The largest absolute Gasteiger partial charge is 0.495 e. The first-order valence-electron chi connectivity index (χ1n) is 6.52. The van der Waals surface area contributed by atoms with E-state index in [4.69, 9.17) is 4.74 Å². The molecule has 106 valence electrons. The molecule has 2 aromatic rings. The molecule has 0 atom stereocenters. The van der Waals surface area contributed by atoms with Crippen LogP contribution in [-0.2, 0) is 6.42 Å². The van der Waals surface area contributed by atoms with E-state index in [0.29, 0.717) is 28.5 Å². The van der Waals surface area contributed by atoms with Crippen LogP contribution in [-0.4, -0.2) is 18.2 Å². The molecule has 1 N–H and O–H groups in total. The Morgan fingerprint density at radius 3 is 2.71 bits per heavy atom. The topological polar surface area (TPSA) is 70.3 Å². The second-order valence-corrected chi connectivity index (χ2v) is 4.51. The molecule has 21 heavy (non-hydrogen) atoms. The van der Waals surface area contributed by atoms with E-state index >= 15 is 0 Å². The Morgan fingerprint density at radius 2 is 2.24 bits per heavy atom. The van der Waals surface area contributed by atoms with Crippen molar-refractivity contribution in [3.63, 3.8) is 0 Å². The number of aryl methyl sites for hydroxylation is 1. The van der Waals surface area contributed by atoms with Gasteiger partial charge in [-0.1, -0.05) is 37.8 Å². The summed E-state index contributed by atoms with van der Waals surface area (Å²) in [5, 5.41) is 20.2. The zero-order valence-electron chi connectivity index (χ0n) is 11.9. The summed E-state index contributed by atoms with van der Waals surface area (Å²) in [6, 6.07) is 7.50. The summed E-state index contributed by atoms with van der Waals surface area (Å²) < 4.78 is 5.41. The van der Waals surface area contributed by atoms with Gasteiger partial charge in [-0.25, -0.2) is 4.79 Å². The van der Waals surface area contributed by atoms with Gasteiger partial charge < -0.3 is 9.84 Å². The fraction of sp³-hybridized carbons (Fsp3) is 0.176. The first-order valence-corrected chi connectivity index (χ1v) is 6.52. The molecule has 4 nitrogen and oxygen atoms in total. The molecular formula is C17H15NO3. The number of methoxy groups -OCH3 is 1. The van der Waals surface area contributed by atoms with Crippen molar-refractivity contribution < 1.29 is 14.6 Å². The Kier molecular flexibility index (Phi) is 3.95. The second-order valence-electron chi connectivity index (χ2n) is 4.51. The van der Waals surface area contributed by atoms with E-state index < -0.39 is 5.97 Å². The second kappa shape index (κ2) is 5.68. The van der Waals surface area contributed by atoms with Crippen LogP contribution in [0.25, 0.3) is 16.8 Å². The molecule has 0 saturated carbocycles. The molecular weight excluding hydrogens is 266 g/mol. The molecule has 2 rings (SSSR count). The van der Waals surface area contributed by atoms with E-state index in [9.17, 15) is 15.2 Å². The smallest absolute Gasteiger partial charge is 0.336 e. The van der Waals surface area contributed by atoms with Crippen molar-refractivity contribution >= 4 is 22.8 Å². The van der Waals surface area contributed by atoms with Crippen LogP contribution in [0.2, 0.25) is 0 Å². The molecule has 0 unspecified atom stereocenters. The highest BCUT2D eigenvalue weighted by atomic mass is 16.5. The number of nitrogens with zero attached hydrogens (tertiary/aromatic N) is 1. The van der Waals surface area contributed by atoms with Crippen LogP contribution in [0.5, 0.6) is 5.75 Å². The SMILES string of the molecule is C=Cc1c(C#N)c(OC)c2c(CC)cccc2c1C(=O)O. The molecule has 0 aliphatic rings. The van der Waals surface area contributed by atoms with Gasteiger partial charge in [-0.15, -0.1) is 0 Å². The Bertz CT molecular complexity index is 785. The monoisotopic (exact) mass is 281 g/mol. The Morgan fingerprint density at radius 1 is 1.52 bits per heavy atom. The van der Waals surface area contributed by atoms with Gasteiger partial charge in [0.25, 0.3) is 0 Å². The first kappa shape index (κ1) is 14.6. The maximum absolute atomic E-state index is 11.7. The predicted molar refractivity (Wildman–Crippen MR) is 81.6 cm³/mol. The lowest BCUT2D eigenvalue weighted by atomic mass is 9.90. The summed E-state index contributed by atoms with van der Waals surface area (Å²) in [5.74, 6) is -0.674. The number of ether oxygens (including phenoxy) is 1. The number of carboxylic acid groups (broad SMARTS) is 1. The normalized spacial score (nSPS) is 10.1. The minimum Gasteiger partial charge on any atom is -0.495 e. The molecule has 0 heterocycles. The van der Waals surface area contributed by atoms with Crippen molar-refractivity contribution in [3.05, 3.63) is 47.0 Å². The number of nitriles is 1. The number of rotatable bonds is 4. The fourth-order valence-corrected chi connectivity index (χ4v) is 2.64. The summed E-state index contributed by atoms with van der Waals surface area (Å²) >= 11 is 0. The number of carbonyl (C=O) groups is 1. The van der Waals surface area contributed by atoms with Gasteiger partial charge >= 0.3 is 5.97 Å². The molecule has 0 amide bonds. The number of hydrogen-bond donors (Lipinski definition) is 1. The maximum atomic E-state index is 11.7. The number of carboxylic acids is 1. The lowest BCUT2D eigenvalue weighted by molar-refractivity contribution is 0.0699. The lowest BCUT2D eigenvalue weighted by Gasteiger charge is -2.16. The van der Waals surface area contributed by atoms with Crippen LogP contribution in [0.15, 0.2) is 24.8 Å². The fourth-order valence-electron chi connectivity index (χ4n) is 2.64. The van der Waals surface area contributed by atoms with Gasteiger partial charge in [0.15, 0.2) is 0 Å². The van der Waals surface area contributed by atoms with E-state index in [1.807, 2.05) is 25.1 Å². The minimum atomic E-state index is -1.08. The highest BCUT2D eigenvalue weighted by Crippen LogP contribution is 2.38. The van der Waals surface area contributed by atoms with Crippen LogP contribution < -0.4 is 4.74 Å². The molecule has 4 heteroatoms. The van der Waals surface area contributed by atoms with E-state index in [2.05, 4.69) is 6.58 Å². The van der Waals surface area contributed by atoms with Crippen molar-refractivity contribution in [1.29, 1.82) is 5.26 Å². The summed E-state index contributed by atoms with van der Waals surface area (Å²) in [4.78, 5) is 11.7. The van der Waals surface area contributed by atoms with Gasteiger partial charge in [0.1, 0.15) is 17.4 Å². The van der Waals surface area contributed by atoms with Gasteiger partial charge in [-0.3, -0.25) is 0 Å². The number of aromatic carboxylic acids is 1. The summed E-state index contributed by atoms with van der Waals surface area (Å²) in [6.45, 7) is 5.61. The van der Waals surface area contributed by atoms with Gasteiger partial charge in [-0.05, 0) is 12.0 Å². The number of fused-ring (bicyclic) bond motifs is 1. The number of benzene rings is 2. The van der Waals surface area contributed by atoms with Crippen LogP contribution >= 0.6 is 0 Å². The molecule has 0 radical (unpaired) electrons. The predicted octanol–water partition coefficient (Wildman–Crippen LogP) is 3.62. The van der Waals surface area contributed by atoms with Gasteiger partial charge in [0, 0.05) is 16.3 Å². The third-order valence-corrected chi connectivity index (χ3v) is 3.53. The summed E-state index contributed by atoms with van der Waals surface area (Å²) in [6.07, 6.45) is 2.10. The zero-order chi connectivity index (χ0) is 15.6. The van der Waals surface area contributed by atoms with Gasteiger partial charge in [-0.2, -0.15) is 5.26 Å². The highest BCUT2D eigenvalue weighted by molar-refractivity contribution is 6.11. The van der Waals surface area contributed by atoms with E-state index in [-0.39, 0.29) is 11.1 Å². The average Bonchev–Trinajstić information content (AvgIpc) is 2.50. The van der Waals surface area contributed by atoms with Crippen LogP contribution in [0.3, 0.4) is 0 Å². The van der Waals surface area contributed by atoms with Gasteiger partial charge in [0.05, 0.1) is 12.7 Å². The molecule has 0 aliphatic carbocycles. The van der Waals surface area contributed by atoms with E-state index in [0.717, 1.165) is 5.56 Å². The molecule has 2 aromatic carbocycles. The lowest BCUT2D eigenvalue weighted by Crippen LogP contribution is -2.06. The zero-order valence-corrected chi connectivity index (χ0v) is 11.9. The average molecular weight is 281 g/mol. The van der Waals surface area contributed by atoms with Crippen LogP contribution in [0.1, 0.15) is 34.0 Å². The standard InChI is InChI=1S/C17H15NO3/c1-4-10-7-6-8-12-14(10)16(21-3)13(9-18)11(5-2)15(12)17(19)20/h5-8H,2,4H2,1,3H3,(H,19,20). The molecule has 0 saturated heterocycles. The van der Waals surface area contributed by atoms with Crippen LogP contribution in [0.4, 0.5) is 0 Å². The van der Waals surface area contributed by atoms with Crippen molar-refractivity contribution in [3.8, 4) is 11.8 Å². The van der Waals surface area contributed by atoms with Crippen molar-refractivity contribution in [2.45, 2.75) is 13.3 Å². The molecule has 0 aromatic heterocycles. The Labute approximate surface area is 122 Å². The molecule has 0 spiro atoms. The van der Waals surface area contributed by atoms with E-state index in [1.54, 1.807) is 6.07 Å². The van der Waals surface area contributed by atoms with Crippen molar-refractivity contribution in [1.82, 2.24) is 0 Å². The van der Waals surface area contributed by atoms with Gasteiger partial charge in [0.2, 0.25) is 0 Å². The van der Waals surface area contributed by atoms with Crippen LogP contribution in [0, 0.1) is 11.3 Å². The van der Waals surface area contributed by atoms with E-state index in [1.165, 1.54) is 13.2 Å². The third-order valence-electron chi connectivity index (χ3n) is 3.53.